The lowest BCUT2D eigenvalue weighted by molar-refractivity contribution is 0.143. The number of hydrogen-bond donors (Lipinski definition) is 1. The van der Waals surface area contributed by atoms with Crippen molar-refractivity contribution in [2.45, 2.75) is 40.0 Å². The quantitative estimate of drug-likeness (QED) is 0.560. The molecule has 0 aliphatic rings. The lowest BCUT2D eigenvalue weighted by Gasteiger charge is -2.06. The summed E-state index contributed by atoms with van der Waals surface area (Å²) in [7, 11) is 0. The van der Waals surface area contributed by atoms with Crippen molar-refractivity contribution in [1.29, 1.82) is 0 Å². The van der Waals surface area contributed by atoms with Gasteiger partial charge in [0.2, 0.25) is 0 Å². The summed E-state index contributed by atoms with van der Waals surface area (Å²) in [6, 6.07) is 0. The van der Waals surface area contributed by atoms with Gasteiger partial charge in [0.25, 0.3) is 0 Å². The highest BCUT2D eigenvalue weighted by Crippen LogP contribution is 1.95. The molecular formula is C11H25NO. The van der Waals surface area contributed by atoms with E-state index in [4.69, 9.17) is 4.74 Å². The van der Waals surface area contributed by atoms with Crippen LogP contribution in [0.4, 0.5) is 0 Å². The van der Waals surface area contributed by atoms with Crippen LogP contribution in [0.25, 0.3) is 0 Å². The normalized spacial score (nSPS) is 11.1. The topological polar surface area (TPSA) is 21.3 Å². The molecule has 0 saturated heterocycles. The molecule has 0 fully saturated rings. The van der Waals surface area contributed by atoms with E-state index in [1.54, 1.807) is 0 Å². The van der Waals surface area contributed by atoms with Gasteiger partial charge in [-0.25, -0.2) is 0 Å². The molecule has 0 atom stereocenters. The van der Waals surface area contributed by atoms with Crippen molar-refractivity contribution in [3.05, 3.63) is 0 Å². The maximum Gasteiger partial charge on any atom is 0.0465 e. The van der Waals surface area contributed by atoms with Gasteiger partial charge in [0.05, 0.1) is 0 Å². The van der Waals surface area contributed by atoms with Gasteiger partial charge in [0.15, 0.2) is 0 Å². The second kappa shape index (κ2) is 10.0. The van der Waals surface area contributed by atoms with E-state index in [0.717, 1.165) is 32.2 Å². The van der Waals surface area contributed by atoms with E-state index in [1.807, 2.05) is 6.92 Å². The van der Waals surface area contributed by atoms with Gasteiger partial charge in [-0.3, -0.25) is 0 Å². The summed E-state index contributed by atoms with van der Waals surface area (Å²) in [4.78, 5) is 0. The first kappa shape index (κ1) is 12.9. The largest absolute Gasteiger partial charge is 0.382 e. The van der Waals surface area contributed by atoms with Gasteiger partial charge in [-0.1, -0.05) is 13.8 Å². The van der Waals surface area contributed by atoms with Crippen LogP contribution in [0.2, 0.25) is 0 Å². The van der Waals surface area contributed by atoms with Gasteiger partial charge in [-0.15, -0.1) is 0 Å². The van der Waals surface area contributed by atoms with Crippen LogP contribution < -0.4 is 5.32 Å². The molecule has 0 aliphatic carbocycles. The minimum Gasteiger partial charge on any atom is -0.382 e. The summed E-state index contributed by atoms with van der Waals surface area (Å²) in [5.41, 5.74) is 0. The van der Waals surface area contributed by atoms with E-state index in [-0.39, 0.29) is 0 Å². The minimum atomic E-state index is 0.767. The van der Waals surface area contributed by atoms with Crippen LogP contribution in [-0.4, -0.2) is 26.3 Å². The predicted molar refractivity (Wildman–Crippen MR) is 58.1 cm³/mol. The number of nitrogens with one attached hydrogen (secondary N) is 1. The average molecular weight is 187 g/mol. The van der Waals surface area contributed by atoms with Crippen LogP contribution in [0.3, 0.4) is 0 Å². The number of ether oxygens (including phenoxy) is 1. The van der Waals surface area contributed by atoms with Crippen molar-refractivity contribution < 1.29 is 4.74 Å². The molecule has 0 aromatic heterocycles. The molecule has 0 rings (SSSR count). The van der Waals surface area contributed by atoms with Gasteiger partial charge in [0.1, 0.15) is 0 Å². The molecule has 0 radical (unpaired) electrons. The molecule has 1 N–H and O–H groups in total. The lowest BCUT2D eigenvalue weighted by Crippen LogP contribution is -2.20. The maximum absolute atomic E-state index is 5.26. The summed E-state index contributed by atoms with van der Waals surface area (Å²) in [5.74, 6) is 0.767. The van der Waals surface area contributed by atoms with Crippen molar-refractivity contribution in [3.63, 3.8) is 0 Å². The third kappa shape index (κ3) is 11.9. The summed E-state index contributed by atoms with van der Waals surface area (Å²) < 4.78 is 5.26. The van der Waals surface area contributed by atoms with Crippen LogP contribution in [0.5, 0.6) is 0 Å². The van der Waals surface area contributed by atoms with Gasteiger partial charge >= 0.3 is 0 Å². The molecule has 0 saturated carbocycles. The van der Waals surface area contributed by atoms with Crippen molar-refractivity contribution in [3.8, 4) is 0 Å². The van der Waals surface area contributed by atoms with Crippen LogP contribution in [0, 0.1) is 5.92 Å². The summed E-state index contributed by atoms with van der Waals surface area (Å²) in [6.07, 6.45) is 3.77. The smallest absolute Gasteiger partial charge is 0.0465 e. The molecule has 0 amide bonds. The van der Waals surface area contributed by atoms with E-state index >= 15 is 0 Å². The van der Waals surface area contributed by atoms with E-state index in [2.05, 4.69) is 19.2 Å². The third-order valence-electron chi connectivity index (χ3n) is 1.90. The molecule has 2 nitrogen and oxygen atoms in total. The molecule has 2 heteroatoms. The molecule has 13 heavy (non-hydrogen) atoms. The molecule has 0 heterocycles. The highest BCUT2D eigenvalue weighted by molar-refractivity contribution is 4.51. The molecule has 0 bridgehead atoms. The van der Waals surface area contributed by atoms with Crippen LogP contribution in [-0.2, 0) is 4.74 Å². The molecule has 0 unspecified atom stereocenters. The Balaban J connectivity index is 2.84. The third-order valence-corrected chi connectivity index (χ3v) is 1.90. The lowest BCUT2D eigenvalue weighted by atomic mass is 10.2. The second-order valence-electron chi connectivity index (χ2n) is 3.86. The standard InChI is InChI=1S/C11H25NO/c1-4-13-9-7-5-6-8-12-10-11(2)3/h11-12H,4-10H2,1-3H3. The Morgan fingerprint density at radius 3 is 2.54 bits per heavy atom. The number of rotatable bonds is 9. The Hall–Kier alpha value is -0.0800. The Morgan fingerprint density at radius 2 is 1.92 bits per heavy atom. The number of hydrogen-bond acceptors (Lipinski definition) is 2. The van der Waals surface area contributed by atoms with Crippen molar-refractivity contribution in [1.82, 2.24) is 5.32 Å². The highest BCUT2D eigenvalue weighted by Gasteiger charge is 1.92. The van der Waals surface area contributed by atoms with E-state index < -0.39 is 0 Å². The SMILES string of the molecule is CCOCCCCCNCC(C)C. The predicted octanol–water partition coefficient (Wildman–Crippen LogP) is 2.44. The fraction of sp³-hybridized carbons (Fsp3) is 1.00. The summed E-state index contributed by atoms with van der Waals surface area (Å²) >= 11 is 0. The maximum atomic E-state index is 5.26. The van der Waals surface area contributed by atoms with Crippen LogP contribution in [0.15, 0.2) is 0 Å². The van der Waals surface area contributed by atoms with Crippen LogP contribution in [0.1, 0.15) is 40.0 Å². The Kier molecular flexibility index (Phi) is 9.94. The first-order chi connectivity index (χ1) is 6.27. The monoisotopic (exact) mass is 187 g/mol. The van der Waals surface area contributed by atoms with Crippen molar-refractivity contribution in [2.24, 2.45) is 5.92 Å². The average Bonchev–Trinajstić information content (AvgIpc) is 2.09. The molecule has 0 aromatic carbocycles. The van der Waals surface area contributed by atoms with Gasteiger partial charge in [0, 0.05) is 13.2 Å². The minimum absolute atomic E-state index is 0.767. The Bertz CT molecular complexity index is 94.1. The van der Waals surface area contributed by atoms with E-state index in [9.17, 15) is 0 Å². The number of unbranched alkanes of at least 4 members (excludes halogenated alkanes) is 2. The van der Waals surface area contributed by atoms with Gasteiger partial charge in [-0.2, -0.15) is 0 Å². The van der Waals surface area contributed by atoms with Gasteiger partial charge < -0.3 is 10.1 Å². The van der Waals surface area contributed by atoms with E-state index in [0.29, 0.717) is 0 Å². The van der Waals surface area contributed by atoms with Crippen molar-refractivity contribution in [2.75, 3.05) is 26.3 Å². The Labute approximate surface area is 83.1 Å². The Morgan fingerprint density at radius 1 is 1.15 bits per heavy atom. The fourth-order valence-electron chi connectivity index (χ4n) is 1.17. The second-order valence-corrected chi connectivity index (χ2v) is 3.86. The first-order valence-corrected chi connectivity index (χ1v) is 5.55. The van der Waals surface area contributed by atoms with Gasteiger partial charge in [-0.05, 0) is 45.2 Å². The summed E-state index contributed by atoms with van der Waals surface area (Å²) in [6.45, 7) is 10.6. The molecule has 80 valence electrons. The van der Waals surface area contributed by atoms with Crippen molar-refractivity contribution >= 4 is 0 Å². The molecule has 0 spiro atoms. The first-order valence-electron chi connectivity index (χ1n) is 5.55. The van der Waals surface area contributed by atoms with E-state index in [1.165, 1.54) is 19.3 Å². The van der Waals surface area contributed by atoms with Crippen LogP contribution >= 0.6 is 0 Å². The summed E-state index contributed by atoms with van der Waals surface area (Å²) in [5, 5.41) is 3.43. The fourth-order valence-corrected chi connectivity index (χ4v) is 1.17. The zero-order valence-corrected chi connectivity index (χ0v) is 9.44. The molecule has 0 aromatic rings. The zero-order valence-electron chi connectivity index (χ0n) is 9.44. The highest BCUT2D eigenvalue weighted by atomic mass is 16.5. The molecular weight excluding hydrogens is 162 g/mol. The zero-order chi connectivity index (χ0) is 9.94. The molecule has 0 aliphatic heterocycles.